The van der Waals surface area contributed by atoms with Crippen LogP contribution in [-0.4, -0.2) is 37.2 Å². The number of hydrogen-bond donors (Lipinski definition) is 0. The van der Waals surface area contributed by atoms with Crippen molar-refractivity contribution in [2.45, 2.75) is 32.0 Å². The van der Waals surface area contributed by atoms with Gasteiger partial charge >= 0.3 is 0 Å². The molecule has 0 aliphatic carbocycles. The van der Waals surface area contributed by atoms with Crippen LogP contribution in [0.3, 0.4) is 0 Å². The molecule has 6 nitrogen and oxygen atoms in total. The first-order valence-corrected chi connectivity index (χ1v) is 8.15. The zero-order valence-electron chi connectivity index (χ0n) is 13.5. The van der Waals surface area contributed by atoms with E-state index in [2.05, 4.69) is 20.0 Å². The smallest absolute Gasteiger partial charge is 0.226 e. The molecule has 4 rings (SSSR count). The fourth-order valence-corrected chi connectivity index (χ4v) is 3.20. The van der Waals surface area contributed by atoms with Crippen molar-refractivity contribution in [2.24, 2.45) is 0 Å². The first-order valence-electron chi connectivity index (χ1n) is 8.15. The largest absolute Gasteiger partial charge is 0.444 e. The van der Waals surface area contributed by atoms with Gasteiger partial charge < -0.3 is 4.42 Å². The van der Waals surface area contributed by atoms with Crippen molar-refractivity contribution in [1.82, 2.24) is 24.6 Å². The highest BCUT2D eigenvalue weighted by Crippen LogP contribution is 2.24. The predicted molar refractivity (Wildman–Crippen MR) is 85.3 cm³/mol. The van der Waals surface area contributed by atoms with E-state index in [-0.39, 0.29) is 0 Å². The lowest BCUT2D eigenvalue weighted by Gasteiger charge is -2.23. The second kappa shape index (κ2) is 6.72. The highest BCUT2D eigenvalue weighted by Gasteiger charge is 2.26. The summed E-state index contributed by atoms with van der Waals surface area (Å²) in [5, 5.41) is 4.16. The maximum atomic E-state index is 13.4. The Labute approximate surface area is 143 Å². The minimum atomic E-state index is -0.912. The zero-order chi connectivity index (χ0) is 17.2. The predicted octanol–water partition coefficient (Wildman–Crippen LogP) is 2.88. The Balaban J connectivity index is 1.46. The van der Waals surface area contributed by atoms with Gasteiger partial charge in [0.05, 0.1) is 12.2 Å². The molecule has 25 heavy (non-hydrogen) atoms. The number of aromatic nitrogens is 4. The topological polar surface area (TPSA) is 60.0 Å². The molecule has 0 unspecified atom stereocenters. The Morgan fingerprint density at radius 3 is 2.96 bits per heavy atom. The van der Waals surface area contributed by atoms with E-state index in [1.807, 2.05) is 4.68 Å². The van der Waals surface area contributed by atoms with Crippen molar-refractivity contribution in [3.05, 3.63) is 54.4 Å². The number of nitrogens with zero attached hydrogens (tertiary/aromatic N) is 5. The molecule has 1 atom stereocenters. The Bertz CT molecular complexity index is 849. The first-order chi connectivity index (χ1) is 12.2. The van der Waals surface area contributed by atoms with E-state index < -0.39 is 11.6 Å². The van der Waals surface area contributed by atoms with Crippen LogP contribution in [0.25, 0.3) is 11.5 Å². The molecule has 1 aliphatic heterocycles. The molecular formula is C17H17F2N5O. The van der Waals surface area contributed by atoms with Crippen molar-refractivity contribution in [3.8, 4) is 11.5 Å². The molecular weight excluding hydrogens is 328 g/mol. The van der Waals surface area contributed by atoms with Gasteiger partial charge in [0.1, 0.15) is 18.9 Å². The van der Waals surface area contributed by atoms with Crippen LogP contribution in [0.5, 0.6) is 0 Å². The number of benzene rings is 1. The highest BCUT2D eigenvalue weighted by atomic mass is 19.2. The second-order valence-electron chi connectivity index (χ2n) is 6.16. The lowest BCUT2D eigenvalue weighted by molar-refractivity contribution is 0.216. The Morgan fingerprint density at radius 2 is 2.16 bits per heavy atom. The summed E-state index contributed by atoms with van der Waals surface area (Å²) in [6.07, 6.45) is 7.03. The summed E-state index contributed by atoms with van der Waals surface area (Å²) in [5.41, 5.74) is 1.19. The number of hydrogen-bond acceptors (Lipinski definition) is 5. The summed E-state index contributed by atoms with van der Waals surface area (Å²) >= 11 is 0. The normalized spacial score (nSPS) is 18.1. The fraction of sp³-hybridized carbons (Fsp3) is 0.353. The first kappa shape index (κ1) is 15.9. The van der Waals surface area contributed by atoms with Crippen LogP contribution in [0.2, 0.25) is 0 Å². The van der Waals surface area contributed by atoms with E-state index in [1.165, 1.54) is 12.4 Å². The maximum Gasteiger partial charge on any atom is 0.226 e. The molecule has 0 saturated carbocycles. The molecule has 0 radical (unpaired) electrons. The van der Waals surface area contributed by atoms with Gasteiger partial charge in [0.25, 0.3) is 0 Å². The van der Waals surface area contributed by atoms with E-state index in [4.69, 9.17) is 4.42 Å². The van der Waals surface area contributed by atoms with Crippen LogP contribution in [0.1, 0.15) is 18.5 Å². The van der Waals surface area contributed by atoms with Crippen LogP contribution in [0.15, 0.2) is 41.5 Å². The van der Waals surface area contributed by atoms with Crippen molar-refractivity contribution in [1.29, 1.82) is 0 Å². The summed E-state index contributed by atoms with van der Waals surface area (Å²) in [6, 6.07) is 3.99. The van der Waals surface area contributed by atoms with Crippen molar-refractivity contribution in [3.63, 3.8) is 0 Å². The van der Waals surface area contributed by atoms with Gasteiger partial charge in [-0.2, -0.15) is 5.10 Å². The molecule has 0 N–H and O–H groups in total. The summed E-state index contributed by atoms with van der Waals surface area (Å²) in [4.78, 5) is 10.7. The molecule has 1 saturated heterocycles. The van der Waals surface area contributed by atoms with Crippen molar-refractivity contribution in [2.75, 3.05) is 6.54 Å². The average Bonchev–Trinajstić information content (AvgIpc) is 3.34. The number of halogens is 2. The van der Waals surface area contributed by atoms with Gasteiger partial charge in [-0.15, -0.1) is 0 Å². The molecule has 1 fully saturated rings. The minimum Gasteiger partial charge on any atom is -0.444 e. The van der Waals surface area contributed by atoms with Crippen LogP contribution in [0.4, 0.5) is 8.78 Å². The quantitative estimate of drug-likeness (QED) is 0.712. The van der Waals surface area contributed by atoms with Gasteiger partial charge in [0.15, 0.2) is 11.6 Å². The lowest BCUT2D eigenvalue weighted by atomic mass is 10.2. The van der Waals surface area contributed by atoms with E-state index >= 15 is 0 Å². The Hall–Kier alpha value is -2.61. The number of rotatable bonds is 5. The zero-order valence-corrected chi connectivity index (χ0v) is 13.5. The van der Waals surface area contributed by atoms with E-state index in [9.17, 15) is 8.78 Å². The van der Waals surface area contributed by atoms with Crippen LogP contribution < -0.4 is 0 Å². The molecule has 1 aliphatic rings. The van der Waals surface area contributed by atoms with Crippen molar-refractivity contribution < 1.29 is 13.2 Å². The summed E-state index contributed by atoms with van der Waals surface area (Å²) in [6.45, 7) is 2.41. The van der Waals surface area contributed by atoms with Gasteiger partial charge in [-0.25, -0.2) is 18.7 Å². The van der Waals surface area contributed by atoms with Gasteiger partial charge in [-0.05, 0) is 37.6 Å². The second-order valence-corrected chi connectivity index (χ2v) is 6.16. The SMILES string of the molecule is Fc1ccc(-c2nc(CN3CCC[C@@H]3Cn3cncn3)co2)cc1F. The molecule has 0 amide bonds. The average molecular weight is 345 g/mol. The summed E-state index contributed by atoms with van der Waals surface area (Å²) < 4.78 is 33.7. The summed E-state index contributed by atoms with van der Waals surface area (Å²) in [5.74, 6) is -1.51. The number of likely N-dealkylation sites (tertiary alicyclic amines) is 1. The Morgan fingerprint density at radius 1 is 1.24 bits per heavy atom. The van der Waals surface area contributed by atoms with Gasteiger partial charge in [0, 0.05) is 18.2 Å². The molecule has 3 heterocycles. The third-order valence-corrected chi connectivity index (χ3v) is 4.45. The highest BCUT2D eigenvalue weighted by molar-refractivity contribution is 5.53. The molecule has 1 aromatic carbocycles. The van der Waals surface area contributed by atoms with E-state index in [1.54, 1.807) is 12.6 Å². The standard InChI is InChI=1S/C17H17F2N5O/c18-15-4-3-12(6-16(15)19)17-22-13(9-25-17)7-23-5-1-2-14(23)8-24-11-20-10-21-24/h3-4,6,9-11,14H,1-2,5,7-8H2/t14-/m1/s1. The minimum absolute atomic E-state index is 0.293. The lowest BCUT2D eigenvalue weighted by Crippen LogP contribution is -2.32. The van der Waals surface area contributed by atoms with Gasteiger partial charge in [-0.1, -0.05) is 0 Å². The number of oxazole rings is 1. The Kier molecular flexibility index (Phi) is 4.27. The monoisotopic (exact) mass is 345 g/mol. The molecule has 0 bridgehead atoms. The van der Waals surface area contributed by atoms with Gasteiger partial charge in [-0.3, -0.25) is 9.58 Å². The summed E-state index contributed by atoms with van der Waals surface area (Å²) in [7, 11) is 0. The van der Waals surface area contributed by atoms with E-state index in [0.717, 1.165) is 43.8 Å². The molecule has 0 spiro atoms. The molecule has 130 valence electrons. The van der Waals surface area contributed by atoms with Crippen LogP contribution in [-0.2, 0) is 13.1 Å². The third kappa shape index (κ3) is 3.43. The molecule has 8 heteroatoms. The van der Waals surface area contributed by atoms with Gasteiger partial charge in [0.2, 0.25) is 5.89 Å². The van der Waals surface area contributed by atoms with Crippen molar-refractivity contribution >= 4 is 0 Å². The maximum absolute atomic E-state index is 13.4. The van der Waals surface area contributed by atoms with E-state index in [0.29, 0.717) is 24.0 Å². The third-order valence-electron chi connectivity index (χ3n) is 4.45. The van der Waals surface area contributed by atoms with Crippen LogP contribution in [0, 0.1) is 11.6 Å². The molecule has 3 aromatic rings. The fourth-order valence-electron chi connectivity index (χ4n) is 3.20. The molecule has 2 aromatic heterocycles. The van der Waals surface area contributed by atoms with Crippen LogP contribution >= 0.6 is 0 Å².